The van der Waals surface area contributed by atoms with Crippen LogP contribution < -0.4 is 5.73 Å². The highest BCUT2D eigenvalue weighted by Gasteiger charge is 2.47. The minimum Gasteiger partial charge on any atom is -0.399 e. The Hall–Kier alpha value is -1.10. The van der Waals surface area contributed by atoms with E-state index in [0.29, 0.717) is 6.04 Å². The third-order valence-corrected chi connectivity index (χ3v) is 4.29. The first-order chi connectivity index (χ1) is 8.67. The zero-order chi connectivity index (χ0) is 12.8. The number of hydrogen-bond donors (Lipinski definition) is 1. The van der Waals surface area contributed by atoms with Crippen LogP contribution in [-0.2, 0) is 15.9 Å². The van der Waals surface area contributed by atoms with Gasteiger partial charge in [-0.05, 0) is 36.1 Å². The summed E-state index contributed by atoms with van der Waals surface area (Å²) in [6.07, 6.45) is 2.29. The molecule has 2 N–H and O–H groups in total. The van der Waals surface area contributed by atoms with E-state index in [9.17, 15) is 0 Å². The van der Waals surface area contributed by atoms with Gasteiger partial charge in [0, 0.05) is 25.9 Å². The molecule has 1 heterocycles. The van der Waals surface area contributed by atoms with Gasteiger partial charge in [-0.1, -0.05) is 6.07 Å². The van der Waals surface area contributed by atoms with Crippen LogP contribution in [0.1, 0.15) is 23.6 Å². The Balaban J connectivity index is 1.75. The summed E-state index contributed by atoms with van der Waals surface area (Å²) in [5.41, 5.74) is 9.51. The Morgan fingerprint density at radius 1 is 1.28 bits per heavy atom. The molecule has 1 aromatic carbocycles. The monoisotopic (exact) mass is 248 g/mol. The second-order valence-corrected chi connectivity index (χ2v) is 5.24. The number of benzene rings is 1. The van der Waals surface area contributed by atoms with Gasteiger partial charge < -0.3 is 15.2 Å². The van der Waals surface area contributed by atoms with Crippen molar-refractivity contribution in [2.75, 3.05) is 33.0 Å². The van der Waals surface area contributed by atoms with E-state index in [1.54, 1.807) is 14.2 Å². The Labute approximate surface area is 108 Å². The lowest BCUT2D eigenvalue weighted by Crippen LogP contribution is -2.64. The lowest BCUT2D eigenvalue weighted by atomic mass is 9.99. The molecule has 1 fully saturated rings. The Morgan fingerprint density at radius 3 is 2.67 bits per heavy atom. The number of aryl methyl sites for hydroxylation is 1. The van der Waals surface area contributed by atoms with Gasteiger partial charge in [-0.2, -0.15) is 0 Å². The van der Waals surface area contributed by atoms with E-state index in [2.05, 4.69) is 17.0 Å². The highest BCUT2D eigenvalue weighted by Crippen LogP contribution is 2.41. The summed E-state index contributed by atoms with van der Waals surface area (Å²) in [5, 5.41) is 0. The first-order valence-corrected chi connectivity index (χ1v) is 6.40. The number of fused-ring (bicyclic) bond motifs is 1. The summed E-state index contributed by atoms with van der Waals surface area (Å²) in [6.45, 7) is 1.68. The number of rotatable bonds is 3. The molecule has 0 radical (unpaired) electrons. The first-order valence-electron chi connectivity index (χ1n) is 6.40. The molecular formula is C14H20N2O2. The molecule has 1 saturated heterocycles. The van der Waals surface area contributed by atoms with Crippen molar-refractivity contribution in [3.8, 4) is 0 Å². The lowest BCUT2D eigenvalue weighted by molar-refractivity contribution is -0.282. The third kappa shape index (κ3) is 1.72. The van der Waals surface area contributed by atoms with Crippen LogP contribution in [0.3, 0.4) is 0 Å². The standard InChI is InChI=1S/C14H20N2O2/c1-17-14(18-2)8-16(9-14)13-6-3-10-7-11(15)4-5-12(10)13/h4-5,7,13H,3,6,8-9,15H2,1-2H3. The second-order valence-electron chi connectivity index (χ2n) is 5.24. The molecule has 1 aliphatic heterocycles. The number of likely N-dealkylation sites (tertiary alicyclic amines) is 1. The van der Waals surface area contributed by atoms with E-state index in [1.807, 2.05) is 6.07 Å². The van der Waals surface area contributed by atoms with Crippen LogP contribution in [0.2, 0.25) is 0 Å². The van der Waals surface area contributed by atoms with Gasteiger partial charge in [0.15, 0.2) is 5.79 Å². The molecule has 4 nitrogen and oxygen atoms in total. The van der Waals surface area contributed by atoms with E-state index in [1.165, 1.54) is 17.5 Å². The molecule has 0 aromatic heterocycles. The van der Waals surface area contributed by atoms with Gasteiger partial charge in [-0.15, -0.1) is 0 Å². The van der Waals surface area contributed by atoms with E-state index in [-0.39, 0.29) is 0 Å². The molecular weight excluding hydrogens is 228 g/mol. The van der Waals surface area contributed by atoms with Crippen LogP contribution in [0.5, 0.6) is 0 Å². The normalized spacial score (nSPS) is 25.8. The zero-order valence-electron chi connectivity index (χ0n) is 11.0. The van der Waals surface area contributed by atoms with E-state index < -0.39 is 5.79 Å². The van der Waals surface area contributed by atoms with Crippen molar-refractivity contribution in [2.24, 2.45) is 0 Å². The quantitative estimate of drug-likeness (QED) is 0.651. The average Bonchev–Trinajstić information content (AvgIpc) is 2.72. The molecule has 18 heavy (non-hydrogen) atoms. The van der Waals surface area contributed by atoms with Crippen LogP contribution in [0.15, 0.2) is 18.2 Å². The number of nitrogens with zero attached hydrogens (tertiary/aromatic N) is 1. The van der Waals surface area contributed by atoms with Gasteiger partial charge >= 0.3 is 0 Å². The Bertz CT molecular complexity index is 449. The fraction of sp³-hybridized carbons (Fsp3) is 0.571. The number of nitrogens with two attached hydrogens (primary N) is 1. The fourth-order valence-corrected chi connectivity index (χ4v) is 3.13. The largest absolute Gasteiger partial charge is 0.399 e. The maximum absolute atomic E-state index is 5.83. The molecule has 2 aliphatic rings. The van der Waals surface area contributed by atoms with Crippen molar-refractivity contribution in [3.63, 3.8) is 0 Å². The summed E-state index contributed by atoms with van der Waals surface area (Å²) in [6, 6.07) is 6.77. The van der Waals surface area contributed by atoms with Crippen molar-refractivity contribution in [1.82, 2.24) is 4.90 Å². The summed E-state index contributed by atoms with van der Waals surface area (Å²) in [7, 11) is 3.42. The number of ether oxygens (including phenoxy) is 2. The van der Waals surface area contributed by atoms with Crippen molar-refractivity contribution in [1.29, 1.82) is 0 Å². The molecule has 3 rings (SSSR count). The second kappa shape index (κ2) is 4.23. The third-order valence-electron chi connectivity index (χ3n) is 4.29. The van der Waals surface area contributed by atoms with Crippen LogP contribution >= 0.6 is 0 Å². The molecule has 1 aliphatic carbocycles. The van der Waals surface area contributed by atoms with Gasteiger partial charge in [0.2, 0.25) is 0 Å². The smallest absolute Gasteiger partial charge is 0.193 e. The van der Waals surface area contributed by atoms with Gasteiger partial charge in [-0.25, -0.2) is 0 Å². The van der Waals surface area contributed by atoms with Gasteiger partial charge in [-0.3, -0.25) is 4.90 Å². The predicted octanol–water partition coefficient (Wildman–Crippen LogP) is 1.56. The molecule has 98 valence electrons. The zero-order valence-corrected chi connectivity index (χ0v) is 11.0. The minimum absolute atomic E-state index is 0.392. The fourth-order valence-electron chi connectivity index (χ4n) is 3.13. The van der Waals surface area contributed by atoms with Crippen molar-refractivity contribution in [3.05, 3.63) is 29.3 Å². The highest BCUT2D eigenvalue weighted by atomic mass is 16.7. The molecule has 1 aromatic rings. The van der Waals surface area contributed by atoms with E-state index >= 15 is 0 Å². The summed E-state index contributed by atoms with van der Waals surface area (Å²) >= 11 is 0. The van der Waals surface area contributed by atoms with E-state index in [4.69, 9.17) is 15.2 Å². The van der Waals surface area contributed by atoms with Crippen LogP contribution in [-0.4, -0.2) is 38.0 Å². The van der Waals surface area contributed by atoms with Crippen molar-refractivity contribution >= 4 is 5.69 Å². The number of anilines is 1. The number of hydrogen-bond acceptors (Lipinski definition) is 4. The SMILES string of the molecule is COC1(OC)CN(C2CCc3cc(N)ccc32)C1. The maximum Gasteiger partial charge on any atom is 0.193 e. The molecule has 1 atom stereocenters. The van der Waals surface area contributed by atoms with Gasteiger partial charge in [0.05, 0.1) is 13.1 Å². The minimum atomic E-state index is -0.392. The molecule has 4 heteroatoms. The highest BCUT2D eigenvalue weighted by molar-refractivity contribution is 5.47. The van der Waals surface area contributed by atoms with Gasteiger partial charge in [0.1, 0.15) is 0 Å². The van der Waals surface area contributed by atoms with Gasteiger partial charge in [0.25, 0.3) is 0 Å². The number of nitrogen functional groups attached to an aromatic ring is 1. The first kappa shape index (κ1) is 12.0. The summed E-state index contributed by atoms with van der Waals surface area (Å²) in [5.74, 6) is -0.392. The average molecular weight is 248 g/mol. The summed E-state index contributed by atoms with van der Waals surface area (Å²) < 4.78 is 10.9. The maximum atomic E-state index is 5.83. The predicted molar refractivity (Wildman–Crippen MR) is 70.2 cm³/mol. The molecule has 0 spiro atoms. The van der Waals surface area contributed by atoms with Crippen molar-refractivity contribution in [2.45, 2.75) is 24.7 Å². The molecule has 1 unspecified atom stereocenters. The molecule has 0 saturated carbocycles. The van der Waals surface area contributed by atoms with Crippen LogP contribution in [0.25, 0.3) is 0 Å². The Morgan fingerprint density at radius 2 is 2.00 bits per heavy atom. The molecule has 0 amide bonds. The van der Waals surface area contributed by atoms with Crippen LogP contribution in [0, 0.1) is 0 Å². The Kier molecular flexibility index (Phi) is 2.81. The van der Waals surface area contributed by atoms with Crippen LogP contribution in [0.4, 0.5) is 5.69 Å². The lowest BCUT2D eigenvalue weighted by Gasteiger charge is -2.50. The molecule has 0 bridgehead atoms. The summed E-state index contributed by atoms with van der Waals surface area (Å²) in [4.78, 5) is 2.43. The number of methoxy groups -OCH3 is 2. The van der Waals surface area contributed by atoms with E-state index in [0.717, 1.165) is 25.2 Å². The van der Waals surface area contributed by atoms with Crippen molar-refractivity contribution < 1.29 is 9.47 Å². The topological polar surface area (TPSA) is 47.7 Å².